The number of nitrogens with one attached hydrogen (secondary N) is 1. The van der Waals surface area contributed by atoms with E-state index in [1.165, 1.54) is 0 Å². The number of amides is 1. The number of aliphatic carboxylic acids is 1. The summed E-state index contributed by atoms with van der Waals surface area (Å²) in [5.41, 5.74) is 0. The molecule has 0 aromatic carbocycles. The van der Waals surface area contributed by atoms with Gasteiger partial charge in [-0.2, -0.15) is 0 Å². The van der Waals surface area contributed by atoms with Crippen LogP contribution in [0.4, 0.5) is 0 Å². The van der Waals surface area contributed by atoms with Gasteiger partial charge in [0, 0.05) is 37.9 Å². The van der Waals surface area contributed by atoms with Crippen molar-refractivity contribution in [2.75, 3.05) is 26.7 Å². The van der Waals surface area contributed by atoms with Crippen molar-refractivity contribution in [3.8, 4) is 0 Å². The summed E-state index contributed by atoms with van der Waals surface area (Å²) in [5.74, 6) is -0.302. The van der Waals surface area contributed by atoms with Gasteiger partial charge >= 0.3 is 5.97 Å². The summed E-state index contributed by atoms with van der Waals surface area (Å²) >= 11 is 0. The molecule has 1 amide bonds. The minimum atomic E-state index is -0.769. The summed E-state index contributed by atoms with van der Waals surface area (Å²) in [6.07, 6.45) is 6.32. The SMILES string of the molecule is CN1CCN(C(=O)C2CCCC(C(=O)O)C2)CC1c1ncc[nH]1. The number of carboxylic acids is 1. The fraction of sp³-hybridized carbons (Fsp3) is 0.688. The average molecular weight is 320 g/mol. The number of aromatic nitrogens is 2. The zero-order chi connectivity index (χ0) is 16.4. The molecule has 1 aliphatic heterocycles. The quantitative estimate of drug-likeness (QED) is 0.871. The number of carbonyl (C=O) groups is 2. The van der Waals surface area contributed by atoms with Gasteiger partial charge in [-0.3, -0.25) is 14.5 Å². The Morgan fingerprint density at radius 3 is 2.78 bits per heavy atom. The highest BCUT2D eigenvalue weighted by molar-refractivity contribution is 5.80. The second-order valence-electron chi connectivity index (χ2n) is 6.65. The first-order valence-corrected chi connectivity index (χ1v) is 8.27. The van der Waals surface area contributed by atoms with Gasteiger partial charge in [0.1, 0.15) is 5.82 Å². The van der Waals surface area contributed by atoms with Crippen molar-refractivity contribution in [3.63, 3.8) is 0 Å². The Bertz CT molecular complexity index is 560. The van der Waals surface area contributed by atoms with Crippen molar-refractivity contribution in [1.29, 1.82) is 0 Å². The number of nitrogens with zero attached hydrogens (tertiary/aromatic N) is 3. The van der Waals surface area contributed by atoms with Crippen molar-refractivity contribution in [3.05, 3.63) is 18.2 Å². The number of carboxylic acid groups (broad SMARTS) is 1. The van der Waals surface area contributed by atoms with Crippen molar-refractivity contribution < 1.29 is 14.7 Å². The van der Waals surface area contributed by atoms with Crippen LogP contribution in [-0.4, -0.2) is 63.4 Å². The van der Waals surface area contributed by atoms with Gasteiger partial charge in [0.2, 0.25) is 5.91 Å². The summed E-state index contributed by atoms with van der Waals surface area (Å²) in [5, 5.41) is 9.21. The van der Waals surface area contributed by atoms with Crippen LogP contribution in [0, 0.1) is 11.8 Å². The third-order valence-electron chi connectivity index (χ3n) is 5.17. The van der Waals surface area contributed by atoms with Gasteiger partial charge in [-0.05, 0) is 26.3 Å². The van der Waals surface area contributed by atoms with Crippen LogP contribution in [0.2, 0.25) is 0 Å². The molecule has 1 aromatic heterocycles. The predicted octanol–water partition coefficient (Wildman–Crippen LogP) is 1.12. The smallest absolute Gasteiger partial charge is 0.306 e. The maximum atomic E-state index is 12.8. The number of carbonyl (C=O) groups excluding carboxylic acids is 1. The Hall–Kier alpha value is -1.89. The summed E-state index contributed by atoms with van der Waals surface area (Å²) in [7, 11) is 2.04. The maximum Gasteiger partial charge on any atom is 0.306 e. The Kier molecular flexibility index (Phi) is 4.66. The first-order chi connectivity index (χ1) is 11.1. The number of aromatic amines is 1. The number of H-pyrrole nitrogens is 1. The lowest BCUT2D eigenvalue weighted by Gasteiger charge is -2.40. The lowest BCUT2D eigenvalue weighted by Crippen LogP contribution is -2.51. The molecule has 2 fully saturated rings. The molecule has 0 radical (unpaired) electrons. The van der Waals surface area contributed by atoms with E-state index in [0.717, 1.165) is 25.2 Å². The molecule has 23 heavy (non-hydrogen) atoms. The zero-order valence-corrected chi connectivity index (χ0v) is 13.4. The van der Waals surface area contributed by atoms with Crippen molar-refractivity contribution in [2.45, 2.75) is 31.7 Å². The molecule has 0 bridgehead atoms. The molecule has 1 saturated heterocycles. The van der Waals surface area contributed by atoms with E-state index in [2.05, 4.69) is 14.9 Å². The Balaban J connectivity index is 1.66. The normalized spacial score (nSPS) is 29.4. The Morgan fingerprint density at radius 1 is 1.30 bits per heavy atom. The number of piperazine rings is 1. The maximum absolute atomic E-state index is 12.8. The van der Waals surface area contributed by atoms with E-state index in [4.69, 9.17) is 0 Å². The van der Waals surface area contributed by atoms with E-state index in [1.807, 2.05) is 11.9 Å². The van der Waals surface area contributed by atoms with Crippen LogP contribution in [0.5, 0.6) is 0 Å². The van der Waals surface area contributed by atoms with Gasteiger partial charge in [0.05, 0.1) is 12.0 Å². The van der Waals surface area contributed by atoms with Gasteiger partial charge in [-0.15, -0.1) is 0 Å². The van der Waals surface area contributed by atoms with Crippen molar-refractivity contribution in [1.82, 2.24) is 19.8 Å². The molecule has 1 aliphatic carbocycles. The molecule has 1 aromatic rings. The van der Waals surface area contributed by atoms with Crippen LogP contribution in [0.3, 0.4) is 0 Å². The molecule has 2 aliphatic rings. The summed E-state index contributed by atoms with van der Waals surface area (Å²) in [6.45, 7) is 2.10. The minimum absolute atomic E-state index is 0.0709. The van der Waals surface area contributed by atoms with Crippen LogP contribution >= 0.6 is 0 Å². The second kappa shape index (κ2) is 6.70. The van der Waals surface area contributed by atoms with E-state index in [-0.39, 0.29) is 23.8 Å². The number of rotatable bonds is 3. The molecular formula is C16H24N4O3. The second-order valence-corrected chi connectivity index (χ2v) is 6.65. The topological polar surface area (TPSA) is 89.5 Å². The highest BCUT2D eigenvalue weighted by atomic mass is 16.4. The number of hydrogen-bond donors (Lipinski definition) is 2. The molecule has 3 atom stereocenters. The van der Waals surface area contributed by atoms with Crippen molar-refractivity contribution >= 4 is 11.9 Å². The molecule has 126 valence electrons. The van der Waals surface area contributed by atoms with E-state index < -0.39 is 5.97 Å². The van der Waals surface area contributed by atoms with Crippen LogP contribution in [0.15, 0.2) is 12.4 Å². The molecule has 1 saturated carbocycles. The first kappa shape index (κ1) is 16.0. The third kappa shape index (κ3) is 3.39. The van der Waals surface area contributed by atoms with E-state index in [9.17, 15) is 14.7 Å². The Labute approximate surface area is 135 Å². The number of imidazole rings is 1. The molecule has 7 heteroatoms. The third-order valence-corrected chi connectivity index (χ3v) is 5.17. The lowest BCUT2D eigenvalue weighted by atomic mass is 9.80. The molecule has 0 spiro atoms. The van der Waals surface area contributed by atoms with E-state index in [0.29, 0.717) is 25.9 Å². The largest absolute Gasteiger partial charge is 0.481 e. The number of likely N-dealkylation sites (N-methyl/N-ethyl adjacent to an activating group) is 1. The van der Waals surface area contributed by atoms with Gasteiger partial charge in [0.15, 0.2) is 0 Å². The van der Waals surface area contributed by atoms with E-state index in [1.54, 1.807) is 12.4 Å². The molecule has 7 nitrogen and oxygen atoms in total. The molecule has 3 rings (SSSR count). The van der Waals surface area contributed by atoms with Crippen LogP contribution in [0.1, 0.15) is 37.5 Å². The summed E-state index contributed by atoms with van der Waals surface area (Å²) in [6, 6.07) is 0.0709. The zero-order valence-electron chi connectivity index (χ0n) is 13.4. The number of hydrogen-bond acceptors (Lipinski definition) is 4. The fourth-order valence-electron chi connectivity index (χ4n) is 3.73. The lowest BCUT2D eigenvalue weighted by molar-refractivity contribution is -0.146. The van der Waals surface area contributed by atoms with Gasteiger partial charge in [-0.25, -0.2) is 4.98 Å². The van der Waals surface area contributed by atoms with Gasteiger partial charge < -0.3 is 15.0 Å². The van der Waals surface area contributed by atoms with Crippen LogP contribution in [0.25, 0.3) is 0 Å². The van der Waals surface area contributed by atoms with Crippen LogP contribution < -0.4 is 0 Å². The summed E-state index contributed by atoms with van der Waals surface area (Å²) in [4.78, 5) is 35.6. The molecular weight excluding hydrogens is 296 g/mol. The monoisotopic (exact) mass is 320 g/mol. The highest BCUT2D eigenvalue weighted by Crippen LogP contribution is 2.32. The highest BCUT2D eigenvalue weighted by Gasteiger charge is 2.36. The van der Waals surface area contributed by atoms with Crippen LogP contribution in [-0.2, 0) is 9.59 Å². The van der Waals surface area contributed by atoms with E-state index >= 15 is 0 Å². The Morgan fingerprint density at radius 2 is 2.09 bits per heavy atom. The molecule has 3 unspecified atom stereocenters. The average Bonchev–Trinajstić information content (AvgIpc) is 3.09. The predicted molar refractivity (Wildman–Crippen MR) is 83.6 cm³/mol. The van der Waals surface area contributed by atoms with Crippen molar-refractivity contribution in [2.24, 2.45) is 11.8 Å². The molecule has 2 heterocycles. The summed E-state index contributed by atoms with van der Waals surface area (Å²) < 4.78 is 0. The van der Waals surface area contributed by atoms with Gasteiger partial charge in [0.25, 0.3) is 0 Å². The first-order valence-electron chi connectivity index (χ1n) is 8.27. The standard InChI is InChI=1S/C16H24N4O3/c1-19-7-8-20(10-13(19)14-17-5-6-18-14)15(21)11-3-2-4-12(9-11)16(22)23/h5-6,11-13H,2-4,7-10H2,1H3,(H,17,18)(H,22,23). The minimum Gasteiger partial charge on any atom is -0.481 e. The molecule has 2 N–H and O–H groups in total. The van der Waals surface area contributed by atoms with Gasteiger partial charge in [-0.1, -0.05) is 6.42 Å². The fourth-order valence-corrected chi connectivity index (χ4v) is 3.73.